The lowest BCUT2D eigenvalue weighted by Gasteiger charge is -2.06. The van der Waals surface area contributed by atoms with E-state index in [0.717, 1.165) is 0 Å². The summed E-state index contributed by atoms with van der Waals surface area (Å²) in [6.07, 6.45) is 0. The molecule has 0 unspecified atom stereocenters. The highest BCUT2D eigenvalue weighted by molar-refractivity contribution is 8.23. The van der Waals surface area contributed by atoms with Gasteiger partial charge in [-0.05, 0) is 18.2 Å². The number of hydrogen-bond acceptors (Lipinski definition) is 2. The quantitative estimate of drug-likeness (QED) is 0.497. The fraction of sp³-hybridized carbons (Fsp3) is 0. The van der Waals surface area contributed by atoms with Crippen LogP contribution in [0.3, 0.4) is 0 Å². The summed E-state index contributed by atoms with van der Waals surface area (Å²) in [7, 11) is -2.11. The van der Waals surface area contributed by atoms with E-state index in [0.29, 0.717) is 10.6 Å². The maximum atomic E-state index is 9.42. The fourth-order valence-electron chi connectivity index (χ4n) is 0.751. The van der Waals surface area contributed by atoms with Gasteiger partial charge in [-0.3, -0.25) is 0 Å². The van der Waals surface area contributed by atoms with Crippen LogP contribution in [0.1, 0.15) is 0 Å². The molecule has 0 saturated heterocycles. The Bertz CT molecular complexity index is 354. The van der Waals surface area contributed by atoms with E-state index >= 15 is 0 Å². The summed E-state index contributed by atoms with van der Waals surface area (Å²) in [6, 6.07) is 6.99. The molecule has 0 heterocycles. The predicted octanol–water partition coefficient (Wildman–Crippen LogP) is 1.77. The standard InChI is InChI=1S/C8H11NOS/c1-11(2,10)8-5-3-4-7(9)6-8/h3-6,10H,1-2,9H2. The summed E-state index contributed by atoms with van der Waals surface area (Å²) in [4.78, 5) is 0.706. The van der Waals surface area contributed by atoms with Gasteiger partial charge in [0.05, 0.1) is 0 Å². The van der Waals surface area contributed by atoms with Crippen LogP contribution in [0.2, 0.25) is 0 Å². The second-order valence-corrected chi connectivity index (χ2v) is 4.57. The minimum atomic E-state index is -2.11. The summed E-state index contributed by atoms with van der Waals surface area (Å²) >= 11 is 0. The van der Waals surface area contributed by atoms with Gasteiger partial charge in [-0.15, -0.1) is 0 Å². The molecule has 1 rings (SSSR count). The summed E-state index contributed by atoms with van der Waals surface area (Å²) in [5, 5.41) is 0. The molecule has 3 N–H and O–H groups in total. The molecule has 0 radical (unpaired) electrons. The van der Waals surface area contributed by atoms with Crippen molar-refractivity contribution < 1.29 is 4.55 Å². The smallest absolute Gasteiger partial charge is 0.0325 e. The zero-order chi connectivity index (χ0) is 8.48. The largest absolute Gasteiger partial charge is 0.399 e. The molecular formula is C8H11NOS. The fourth-order valence-corrected chi connectivity index (χ4v) is 1.44. The average molecular weight is 169 g/mol. The Balaban J connectivity index is 3.28. The van der Waals surface area contributed by atoms with E-state index in [2.05, 4.69) is 11.7 Å². The van der Waals surface area contributed by atoms with E-state index in [1.807, 2.05) is 0 Å². The highest BCUT2D eigenvalue weighted by Gasteiger charge is 1.95. The van der Waals surface area contributed by atoms with Crippen LogP contribution in [0.5, 0.6) is 0 Å². The maximum absolute atomic E-state index is 9.42. The molecule has 0 saturated carbocycles. The number of nitrogens with two attached hydrogens (primary N) is 1. The maximum Gasteiger partial charge on any atom is 0.0325 e. The van der Waals surface area contributed by atoms with Crippen molar-refractivity contribution in [3.05, 3.63) is 24.3 Å². The molecule has 0 aliphatic heterocycles. The number of rotatable bonds is 1. The van der Waals surface area contributed by atoms with Crippen molar-refractivity contribution in [1.29, 1.82) is 0 Å². The first-order valence-corrected chi connectivity index (χ1v) is 5.00. The van der Waals surface area contributed by atoms with E-state index in [1.165, 1.54) is 0 Å². The van der Waals surface area contributed by atoms with Crippen LogP contribution in [0, 0.1) is 0 Å². The number of anilines is 1. The lowest BCUT2D eigenvalue weighted by Crippen LogP contribution is -1.85. The van der Waals surface area contributed by atoms with Gasteiger partial charge in [-0.25, -0.2) is 0 Å². The zero-order valence-corrected chi connectivity index (χ0v) is 6.97. The van der Waals surface area contributed by atoms with Crippen LogP contribution < -0.4 is 5.73 Å². The van der Waals surface area contributed by atoms with Gasteiger partial charge in [0.15, 0.2) is 0 Å². The molecule has 0 aromatic heterocycles. The normalized spacial score (nSPS) is 11.4. The highest BCUT2D eigenvalue weighted by Crippen LogP contribution is 2.27. The van der Waals surface area contributed by atoms with E-state index in [1.54, 1.807) is 24.3 Å². The third-order valence-corrected chi connectivity index (χ3v) is 2.43. The summed E-state index contributed by atoms with van der Waals surface area (Å²) in [5.74, 6) is 7.11. The van der Waals surface area contributed by atoms with Crippen LogP contribution >= 0.6 is 9.49 Å². The van der Waals surface area contributed by atoms with Crippen LogP contribution in [0.4, 0.5) is 5.69 Å². The Morgan fingerprint density at radius 1 is 1.36 bits per heavy atom. The highest BCUT2D eigenvalue weighted by atomic mass is 32.2. The van der Waals surface area contributed by atoms with Crippen LogP contribution in [-0.4, -0.2) is 16.3 Å². The van der Waals surface area contributed by atoms with E-state index in [-0.39, 0.29) is 0 Å². The van der Waals surface area contributed by atoms with Gasteiger partial charge in [-0.1, -0.05) is 27.3 Å². The molecule has 2 nitrogen and oxygen atoms in total. The summed E-state index contributed by atoms with van der Waals surface area (Å²) < 4.78 is 9.42. The topological polar surface area (TPSA) is 46.2 Å². The van der Waals surface area contributed by atoms with Gasteiger partial charge >= 0.3 is 0 Å². The minimum Gasteiger partial charge on any atom is -0.399 e. The Morgan fingerprint density at radius 3 is 2.36 bits per heavy atom. The lowest BCUT2D eigenvalue weighted by atomic mass is 10.3. The van der Waals surface area contributed by atoms with E-state index in [4.69, 9.17) is 5.73 Å². The Kier molecular flexibility index (Phi) is 1.93. The number of benzene rings is 1. The van der Waals surface area contributed by atoms with Crippen LogP contribution in [-0.2, 0) is 0 Å². The van der Waals surface area contributed by atoms with Crippen molar-refractivity contribution in [3.63, 3.8) is 0 Å². The third-order valence-electron chi connectivity index (χ3n) is 1.30. The van der Waals surface area contributed by atoms with Gasteiger partial charge in [0.1, 0.15) is 0 Å². The second kappa shape index (κ2) is 2.60. The first-order valence-electron chi connectivity index (χ1n) is 3.07. The van der Waals surface area contributed by atoms with Gasteiger partial charge in [-0.2, -0.15) is 0 Å². The molecule has 0 atom stereocenters. The Morgan fingerprint density at radius 2 is 2.00 bits per heavy atom. The molecule has 0 aliphatic rings. The zero-order valence-electron chi connectivity index (χ0n) is 6.16. The molecule has 1 aromatic carbocycles. The third kappa shape index (κ3) is 2.00. The first-order chi connectivity index (χ1) is 5.00. The minimum absolute atomic E-state index is 0.626. The SMILES string of the molecule is C=S(=C)(O)c1cccc(N)c1. The Hall–Kier alpha value is -0.930. The van der Waals surface area contributed by atoms with Crippen molar-refractivity contribution in [2.45, 2.75) is 4.90 Å². The molecule has 1 aromatic rings. The number of nitrogen functional groups attached to an aromatic ring is 1. The first kappa shape index (κ1) is 8.17. The predicted molar refractivity (Wildman–Crippen MR) is 53.6 cm³/mol. The summed E-state index contributed by atoms with van der Waals surface area (Å²) in [6.45, 7) is 0. The molecule has 0 fully saturated rings. The van der Waals surface area contributed by atoms with Crippen molar-refractivity contribution >= 4 is 26.9 Å². The molecule has 11 heavy (non-hydrogen) atoms. The second-order valence-electron chi connectivity index (χ2n) is 2.41. The molecule has 0 spiro atoms. The van der Waals surface area contributed by atoms with Gasteiger partial charge in [0.25, 0.3) is 0 Å². The summed E-state index contributed by atoms with van der Waals surface area (Å²) in [5.41, 5.74) is 6.13. The van der Waals surface area contributed by atoms with Gasteiger partial charge in [0, 0.05) is 10.6 Å². The molecule has 3 heteroatoms. The number of hydrogen-bond donors (Lipinski definition) is 2. The van der Waals surface area contributed by atoms with E-state index < -0.39 is 9.49 Å². The van der Waals surface area contributed by atoms with Crippen molar-refractivity contribution in [2.75, 3.05) is 5.73 Å². The molecule has 0 aliphatic carbocycles. The van der Waals surface area contributed by atoms with Gasteiger partial charge in [0.2, 0.25) is 0 Å². The van der Waals surface area contributed by atoms with Gasteiger partial charge < -0.3 is 10.3 Å². The molecule has 0 bridgehead atoms. The Labute approximate surface area is 67.0 Å². The molecule has 60 valence electrons. The molecular weight excluding hydrogens is 158 g/mol. The van der Waals surface area contributed by atoms with E-state index in [9.17, 15) is 4.55 Å². The van der Waals surface area contributed by atoms with Crippen molar-refractivity contribution in [1.82, 2.24) is 0 Å². The van der Waals surface area contributed by atoms with Crippen molar-refractivity contribution in [2.24, 2.45) is 0 Å². The average Bonchev–Trinajstić information content (AvgIpc) is 1.86. The lowest BCUT2D eigenvalue weighted by molar-refractivity contribution is 0.658. The monoisotopic (exact) mass is 169 g/mol. The van der Waals surface area contributed by atoms with Crippen molar-refractivity contribution in [3.8, 4) is 0 Å². The molecule has 0 amide bonds. The van der Waals surface area contributed by atoms with Crippen LogP contribution in [0.15, 0.2) is 29.2 Å². The van der Waals surface area contributed by atoms with Crippen LogP contribution in [0.25, 0.3) is 0 Å².